The van der Waals surface area contributed by atoms with Crippen molar-refractivity contribution in [1.29, 1.82) is 0 Å². The zero-order valence-corrected chi connectivity index (χ0v) is 12.6. The zero-order chi connectivity index (χ0) is 14.6. The largest absolute Gasteiger partial charge is 0.379 e. The molecule has 1 aliphatic rings. The van der Waals surface area contributed by atoms with Crippen molar-refractivity contribution in [2.24, 2.45) is 5.92 Å². The van der Waals surface area contributed by atoms with E-state index in [0.29, 0.717) is 25.6 Å². The van der Waals surface area contributed by atoms with Gasteiger partial charge >= 0.3 is 0 Å². The second-order valence-electron chi connectivity index (χ2n) is 6.27. The lowest BCUT2D eigenvalue weighted by molar-refractivity contribution is 0.0475. The minimum atomic E-state index is -1.31. The van der Waals surface area contributed by atoms with Crippen LogP contribution in [-0.2, 0) is 17.7 Å². The van der Waals surface area contributed by atoms with Crippen molar-refractivity contribution >= 4 is 0 Å². The molecule has 1 N–H and O–H groups in total. The topological polar surface area (TPSA) is 52.0 Å². The van der Waals surface area contributed by atoms with Gasteiger partial charge in [0.25, 0.3) is 0 Å². The van der Waals surface area contributed by atoms with E-state index in [2.05, 4.69) is 29.2 Å². The Hall–Kier alpha value is -1.01. The van der Waals surface area contributed by atoms with Crippen molar-refractivity contribution in [3.63, 3.8) is 0 Å². The Morgan fingerprint density at radius 1 is 1.60 bits per heavy atom. The predicted octanol–water partition coefficient (Wildman–Crippen LogP) is 1.58. The molecule has 6 heteroatoms. The Bertz CT molecular complexity index is 413. The first-order chi connectivity index (χ1) is 9.46. The third kappa shape index (κ3) is 4.52. The molecule has 2 atom stereocenters. The quantitative estimate of drug-likeness (QED) is 0.862. The number of hydrogen-bond donors (Lipinski definition) is 1. The van der Waals surface area contributed by atoms with Crippen LogP contribution in [0.1, 0.15) is 33.0 Å². The second-order valence-corrected chi connectivity index (χ2v) is 6.27. The average molecular weight is 284 g/mol. The van der Waals surface area contributed by atoms with Crippen LogP contribution in [0.5, 0.6) is 0 Å². The number of ether oxygens (including phenoxy) is 1. The number of nitrogens with one attached hydrogen (secondary N) is 1. The Labute approximate surface area is 119 Å². The van der Waals surface area contributed by atoms with E-state index in [1.54, 1.807) is 6.92 Å². The summed E-state index contributed by atoms with van der Waals surface area (Å²) in [6, 6.07) is 0.0835. The number of hydrogen-bond acceptors (Lipinski definition) is 4. The minimum absolute atomic E-state index is 0.0835. The van der Waals surface area contributed by atoms with Crippen LogP contribution in [-0.4, -0.2) is 46.2 Å². The summed E-state index contributed by atoms with van der Waals surface area (Å²) in [6.07, 6.45) is 2.23. The van der Waals surface area contributed by atoms with Crippen LogP contribution in [0.2, 0.25) is 0 Å². The molecule has 20 heavy (non-hydrogen) atoms. The van der Waals surface area contributed by atoms with E-state index >= 15 is 0 Å². The molecule has 0 radical (unpaired) electrons. The minimum Gasteiger partial charge on any atom is -0.379 e. The number of rotatable bonds is 6. The molecule has 1 aliphatic heterocycles. The SMILES string of the molecule is CC(C)Cn1ncnc1CC(C)(F)CC1COCCN1. The van der Waals surface area contributed by atoms with E-state index in [4.69, 9.17) is 4.74 Å². The zero-order valence-electron chi connectivity index (χ0n) is 12.6. The Kier molecular flexibility index (Phi) is 5.10. The average Bonchev–Trinajstić information content (AvgIpc) is 2.75. The molecule has 1 aromatic rings. The lowest BCUT2D eigenvalue weighted by Gasteiger charge is -2.29. The maximum Gasteiger partial charge on any atom is 0.138 e. The van der Waals surface area contributed by atoms with Gasteiger partial charge in [-0.15, -0.1) is 0 Å². The summed E-state index contributed by atoms with van der Waals surface area (Å²) in [5, 5.41) is 7.48. The van der Waals surface area contributed by atoms with E-state index < -0.39 is 5.67 Å². The van der Waals surface area contributed by atoms with Gasteiger partial charge in [0.15, 0.2) is 0 Å². The van der Waals surface area contributed by atoms with E-state index in [0.717, 1.165) is 18.9 Å². The van der Waals surface area contributed by atoms with Gasteiger partial charge in [0.1, 0.15) is 17.8 Å². The fourth-order valence-electron chi connectivity index (χ4n) is 2.59. The van der Waals surface area contributed by atoms with Crippen molar-refractivity contribution in [3.8, 4) is 0 Å². The molecule has 5 nitrogen and oxygen atoms in total. The lowest BCUT2D eigenvalue weighted by Crippen LogP contribution is -2.45. The lowest BCUT2D eigenvalue weighted by atomic mass is 9.94. The summed E-state index contributed by atoms with van der Waals surface area (Å²) < 4.78 is 22.0. The summed E-state index contributed by atoms with van der Waals surface area (Å²) in [6.45, 7) is 8.73. The third-order valence-electron chi connectivity index (χ3n) is 3.43. The molecule has 2 heterocycles. The van der Waals surface area contributed by atoms with E-state index in [1.807, 2.05) is 4.68 Å². The predicted molar refractivity (Wildman–Crippen MR) is 75.3 cm³/mol. The molecule has 2 unspecified atom stereocenters. The summed E-state index contributed by atoms with van der Waals surface area (Å²) in [5.74, 6) is 1.19. The molecular formula is C14H25FN4O. The Morgan fingerprint density at radius 2 is 2.40 bits per heavy atom. The molecule has 0 amide bonds. The molecule has 0 spiro atoms. The number of halogens is 1. The van der Waals surface area contributed by atoms with Crippen LogP contribution in [0.3, 0.4) is 0 Å². The monoisotopic (exact) mass is 284 g/mol. The number of aromatic nitrogens is 3. The fraction of sp³-hybridized carbons (Fsp3) is 0.857. The molecule has 114 valence electrons. The highest BCUT2D eigenvalue weighted by molar-refractivity contribution is 4.95. The maximum atomic E-state index is 14.8. The van der Waals surface area contributed by atoms with Crippen LogP contribution in [0.25, 0.3) is 0 Å². The van der Waals surface area contributed by atoms with Gasteiger partial charge in [-0.1, -0.05) is 13.8 Å². The highest BCUT2D eigenvalue weighted by Gasteiger charge is 2.31. The Balaban J connectivity index is 1.94. The highest BCUT2D eigenvalue weighted by Crippen LogP contribution is 2.23. The standard InChI is InChI=1S/C14H25FN4O/c1-11(2)8-19-13(17-10-18-19)7-14(3,15)6-12-9-20-5-4-16-12/h10-12,16H,4-9H2,1-3H3. The van der Waals surface area contributed by atoms with E-state index in [9.17, 15) is 4.39 Å². The first-order valence-electron chi connectivity index (χ1n) is 7.33. The van der Waals surface area contributed by atoms with Gasteiger partial charge in [0, 0.05) is 25.6 Å². The Morgan fingerprint density at radius 3 is 3.05 bits per heavy atom. The van der Waals surface area contributed by atoms with Crippen LogP contribution in [0.15, 0.2) is 6.33 Å². The van der Waals surface area contributed by atoms with Gasteiger partial charge in [-0.2, -0.15) is 5.10 Å². The van der Waals surface area contributed by atoms with Crippen LogP contribution in [0, 0.1) is 5.92 Å². The molecule has 0 aliphatic carbocycles. The summed E-state index contributed by atoms with van der Waals surface area (Å²) in [5.41, 5.74) is -1.31. The molecule has 0 bridgehead atoms. The fourth-order valence-corrected chi connectivity index (χ4v) is 2.59. The van der Waals surface area contributed by atoms with Crippen molar-refractivity contribution in [3.05, 3.63) is 12.2 Å². The summed E-state index contributed by atoms with van der Waals surface area (Å²) in [7, 11) is 0. The molecule has 1 fully saturated rings. The van der Waals surface area contributed by atoms with Gasteiger partial charge in [-0.3, -0.25) is 0 Å². The van der Waals surface area contributed by atoms with Crippen LogP contribution < -0.4 is 5.32 Å². The van der Waals surface area contributed by atoms with Crippen LogP contribution in [0.4, 0.5) is 4.39 Å². The van der Waals surface area contributed by atoms with Gasteiger partial charge in [-0.25, -0.2) is 14.1 Å². The number of nitrogens with zero attached hydrogens (tertiary/aromatic N) is 3. The maximum absolute atomic E-state index is 14.8. The third-order valence-corrected chi connectivity index (χ3v) is 3.43. The normalized spacial score (nSPS) is 22.9. The molecule has 1 saturated heterocycles. The molecule has 0 saturated carbocycles. The van der Waals surface area contributed by atoms with Crippen molar-refractivity contribution < 1.29 is 9.13 Å². The van der Waals surface area contributed by atoms with Gasteiger partial charge in [-0.05, 0) is 19.3 Å². The van der Waals surface area contributed by atoms with Gasteiger partial charge < -0.3 is 10.1 Å². The number of morpholine rings is 1. The molecule has 1 aromatic heterocycles. The van der Waals surface area contributed by atoms with Crippen molar-refractivity contribution in [2.75, 3.05) is 19.8 Å². The van der Waals surface area contributed by atoms with Crippen molar-refractivity contribution in [1.82, 2.24) is 20.1 Å². The van der Waals surface area contributed by atoms with E-state index in [1.165, 1.54) is 6.33 Å². The smallest absolute Gasteiger partial charge is 0.138 e. The second kappa shape index (κ2) is 6.63. The summed E-state index contributed by atoms with van der Waals surface area (Å²) >= 11 is 0. The van der Waals surface area contributed by atoms with Crippen molar-refractivity contribution in [2.45, 2.75) is 51.9 Å². The first kappa shape index (κ1) is 15.4. The number of alkyl halides is 1. The summed E-state index contributed by atoms with van der Waals surface area (Å²) in [4.78, 5) is 4.21. The van der Waals surface area contributed by atoms with Gasteiger partial charge in [0.2, 0.25) is 0 Å². The molecule has 0 aromatic carbocycles. The molecular weight excluding hydrogens is 259 g/mol. The van der Waals surface area contributed by atoms with E-state index in [-0.39, 0.29) is 12.5 Å². The highest BCUT2D eigenvalue weighted by atomic mass is 19.1. The first-order valence-corrected chi connectivity index (χ1v) is 7.33. The van der Waals surface area contributed by atoms with Gasteiger partial charge in [0.05, 0.1) is 13.2 Å². The molecule has 2 rings (SSSR count). The van der Waals surface area contributed by atoms with Crippen LogP contribution >= 0.6 is 0 Å².